The van der Waals surface area contributed by atoms with E-state index in [1.807, 2.05) is 5.43 Å². The first-order valence-corrected chi connectivity index (χ1v) is 8.88. The van der Waals surface area contributed by atoms with Crippen LogP contribution in [0.4, 0.5) is 30.2 Å². The number of benzene rings is 2. The van der Waals surface area contributed by atoms with Crippen molar-refractivity contribution in [3.05, 3.63) is 64.6 Å². The Hall–Kier alpha value is -3.38. The Labute approximate surface area is 178 Å². The summed E-state index contributed by atoms with van der Waals surface area (Å²) in [5.74, 6) is -3.84. The summed E-state index contributed by atoms with van der Waals surface area (Å²) in [6, 6.07) is 5.06. The monoisotopic (exact) mass is 454 g/mol. The van der Waals surface area contributed by atoms with Crippen LogP contribution in [0, 0.1) is 22.9 Å². The first-order chi connectivity index (χ1) is 14.6. The van der Waals surface area contributed by atoms with E-state index in [1.165, 1.54) is 19.4 Å². The number of ether oxygens (including phenoxy) is 1. The first-order valence-electron chi connectivity index (χ1n) is 8.50. The van der Waals surface area contributed by atoms with Crippen LogP contribution in [0.1, 0.15) is 5.56 Å². The Kier molecular flexibility index (Phi) is 6.04. The van der Waals surface area contributed by atoms with Gasteiger partial charge in [-0.1, -0.05) is 23.7 Å². The highest BCUT2D eigenvalue weighted by atomic mass is 35.5. The lowest BCUT2D eigenvalue weighted by Gasteiger charge is -2.23. The number of hydrogen-bond donors (Lipinski definition) is 5. The van der Waals surface area contributed by atoms with Crippen molar-refractivity contribution in [1.29, 1.82) is 5.41 Å². The minimum absolute atomic E-state index is 0.0206. The molecule has 0 fully saturated rings. The number of nitrogens with two attached hydrogens (primary N) is 1. The molecule has 0 amide bonds. The minimum atomic E-state index is -2.17. The summed E-state index contributed by atoms with van der Waals surface area (Å²) < 4.78 is 49.2. The molecule has 0 aliphatic heterocycles. The lowest BCUT2D eigenvalue weighted by Crippen LogP contribution is -2.48. The van der Waals surface area contributed by atoms with Crippen LogP contribution in [-0.2, 0) is 0 Å². The number of pyridine rings is 1. The Morgan fingerprint density at radius 3 is 2.55 bits per heavy atom. The molecule has 6 N–H and O–H groups in total. The second-order valence-electron chi connectivity index (χ2n) is 6.25. The van der Waals surface area contributed by atoms with Gasteiger partial charge in [0.15, 0.2) is 11.6 Å². The van der Waals surface area contributed by atoms with Crippen LogP contribution in [0.15, 0.2) is 36.5 Å². The van der Waals surface area contributed by atoms with E-state index in [-0.39, 0.29) is 16.5 Å². The van der Waals surface area contributed by atoms with Crippen molar-refractivity contribution in [2.45, 2.75) is 0 Å². The van der Waals surface area contributed by atoms with Crippen LogP contribution in [0.2, 0.25) is 5.02 Å². The molecule has 0 radical (unpaired) electrons. The van der Waals surface area contributed by atoms with Gasteiger partial charge in [-0.15, -0.1) is 10.4 Å². The van der Waals surface area contributed by atoms with Crippen molar-refractivity contribution in [2.24, 2.45) is 0 Å². The van der Waals surface area contributed by atoms with Crippen molar-refractivity contribution in [3.8, 4) is 17.0 Å². The zero-order valence-corrected chi connectivity index (χ0v) is 16.6. The third kappa shape index (κ3) is 4.11. The Morgan fingerprint density at radius 1 is 1.19 bits per heavy atom. The van der Waals surface area contributed by atoms with Crippen molar-refractivity contribution < 1.29 is 28.3 Å². The fourth-order valence-corrected chi connectivity index (χ4v) is 2.99. The van der Waals surface area contributed by atoms with Crippen LogP contribution in [0.25, 0.3) is 11.1 Å². The highest BCUT2D eigenvalue weighted by Crippen LogP contribution is 2.37. The summed E-state index contributed by atoms with van der Waals surface area (Å²) in [5, 5.41) is 28.1. The van der Waals surface area contributed by atoms with E-state index < -0.39 is 50.6 Å². The summed E-state index contributed by atoms with van der Waals surface area (Å²) in [6.45, 7) is 0. The highest BCUT2D eigenvalue weighted by molar-refractivity contribution is 6.30. The Balaban J connectivity index is 2.11. The van der Waals surface area contributed by atoms with Gasteiger partial charge >= 0.3 is 0 Å². The topological polar surface area (TPSA) is 124 Å². The smallest absolute Gasteiger partial charge is 0.290 e. The van der Waals surface area contributed by atoms with Crippen LogP contribution in [0.3, 0.4) is 0 Å². The van der Waals surface area contributed by atoms with Crippen LogP contribution < -0.4 is 20.8 Å². The van der Waals surface area contributed by atoms with Gasteiger partial charge in [-0.25, -0.2) is 18.2 Å². The number of nitrogens with one attached hydrogen (secondary N) is 2. The molecule has 0 saturated heterocycles. The van der Waals surface area contributed by atoms with Gasteiger partial charge in [0.2, 0.25) is 0 Å². The molecule has 12 heteroatoms. The summed E-state index contributed by atoms with van der Waals surface area (Å²) >= 11 is 5.83. The van der Waals surface area contributed by atoms with E-state index >= 15 is 4.39 Å². The van der Waals surface area contributed by atoms with Gasteiger partial charge in [0.25, 0.3) is 11.6 Å². The number of anilines is 2. The number of nitrogen functional groups attached to an aromatic ring is 1. The fourth-order valence-electron chi connectivity index (χ4n) is 2.84. The number of halogens is 4. The summed E-state index contributed by atoms with van der Waals surface area (Å²) in [4.78, 5) is 1.61. The molecule has 0 unspecified atom stereocenters. The van der Waals surface area contributed by atoms with Crippen molar-refractivity contribution in [2.75, 3.05) is 18.3 Å². The quantitative estimate of drug-likeness (QED) is 0.161. The maximum absolute atomic E-state index is 15.2. The zero-order valence-electron chi connectivity index (χ0n) is 15.8. The molecular formula is C19H16ClF3N5O3+. The van der Waals surface area contributed by atoms with Crippen LogP contribution in [0.5, 0.6) is 5.88 Å². The van der Waals surface area contributed by atoms with Crippen molar-refractivity contribution in [3.63, 3.8) is 0 Å². The second kappa shape index (κ2) is 8.40. The molecule has 0 spiro atoms. The lowest BCUT2D eigenvalue weighted by atomic mass is 10.00. The van der Waals surface area contributed by atoms with Crippen molar-refractivity contribution in [1.82, 2.24) is 9.90 Å². The average molecular weight is 455 g/mol. The van der Waals surface area contributed by atoms with Crippen LogP contribution >= 0.6 is 11.6 Å². The number of quaternary nitrogens is 1. The number of nitrogens with zero attached hydrogens (tertiary/aromatic N) is 2. The largest absolute Gasteiger partial charge is 0.477 e. The number of hydrogen-bond acceptors (Lipinski definition) is 7. The van der Waals surface area contributed by atoms with Gasteiger partial charge in [-0.2, -0.15) is 5.43 Å². The average Bonchev–Trinajstić information content (AvgIpc) is 2.73. The lowest BCUT2D eigenvalue weighted by molar-refractivity contribution is -0.273. The number of methoxy groups -OCH3 is 1. The molecule has 0 atom stereocenters. The van der Waals surface area contributed by atoms with Crippen molar-refractivity contribution >= 4 is 34.9 Å². The SMILES string of the molecule is COc1ncc(Cl)cc1[N+](O)(O)Nc1ccc(F)c(-c2ccc(C=N)c(N)c2F)c1F. The molecule has 0 bridgehead atoms. The zero-order chi connectivity index (χ0) is 22.9. The third-order valence-corrected chi connectivity index (χ3v) is 4.54. The molecule has 1 aromatic heterocycles. The van der Waals surface area contributed by atoms with E-state index in [1.54, 1.807) is 0 Å². The predicted octanol–water partition coefficient (Wildman–Crippen LogP) is 4.52. The Bertz CT molecular complexity index is 1180. The van der Waals surface area contributed by atoms with Crippen LogP contribution in [-0.4, -0.2) is 28.7 Å². The standard InChI is InChI=1S/C19H16ClF3N5O3/c1-31-19-14(6-10(20)8-26-19)28(29,30)27-13-5-4-12(21)15(17(13)23)11-3-2-9(7-24)18(25)16(11)22/h2-8,24,27,29-30H,25H2,1H3/q+1. The Morgan fingerprint density at radius 2 is 1.90 bits per heavy atom. The molecule has 31 heavy (non-hydrogen) atoms. The summed E-state index contributed by atoms with van der Waals surface area (Å²) in [7, 11) is 1.21. The molecule has 1 heterocycles. The fraction of sp³-hybridized carbons (Fsp3) is 0.0526. The van der Waals surface area contributed by atoms with E-state index in [0.717, 1.165) is 30.5 Å². The molecular weight excluding hydrogens is 439 g/mol. The summed E-state index contributed by atoms with van der Waals surface area (Å²) in [6.07, 6.45) is 1.98. The number of aromatic nitrogens is 1. The predicted molar refractivity (Wildman–Crippen MR) is 109 cm³/mol. The van der Waals surface area contributed by atoms with Gasteiger partial charge in [0.05, 0.1) is 28.3 Å². The molecule has 0 saturated carbocycles. The van der Waals surface area contributed by atoms with E-state index in [9.17, 15) is 19.2 Å². The third-order valence-electron chi connectivity index (χ3n) is 4.33. The van der Waals surface area contributed by atoms with Gasteiger partial charge < -0.3 is 15.9 Å². The minimum Gasteiger partial charge on any atom is -0.477 e. The van der Waals surface area contributed by atoms with E-state index in [4.69, 9.17) is 27.5 Å². The molecule has 2 aromatic carbocycles. The van der Waals surface area contributed by atoms with Gasteiger partial charge in [0.1, 0.15) is 11.5 Å². The van der Waals surface area contributed by atoms with Gasteiger partial charge in [-0.05, 0) is 12.1 Å². The highest BCUT2D eigenvalue weighted by Gasteiger charge is 2.35. The van der Waals surface area contributed by atoms with E-state index in [2.05, 4.69) is 4.98 Å². The maximum atomic E-state index is 15.2. The molecule has 3 rings (SSSR count). The van der Waals surface area contributed by atoms with Gasteiger partial charge in [-0.3, -0.25) is 0 Å². The maximum Gasteiger partial charge on any atom is 0.290 e. The molecule has 162 valence electrons. The number of rotatable bonds is 6. The van der Waals surface area contributed by atoms with Gasteiger partial charge in [0, 0.05) is 29.6 Å². The first kappa shape index (κ1) is 22.3. The summed E-state index contributed by atoms with van der Waals surface area (Å²) in [5.41, 5.74) is 4.86. The van der Waals surface area contributed by atoms with E-state index in [0.29, 0.717) is 0 Å². The normalized spacial score (nSPS) is 11.3. The molecule has 0 aliphatic rings. The molecule has 8 nitrogen and oxygen atoms in total. The molecule has 0 aliphatic carbocycles. The second-order valence-corrected chi connectivity index (χ2v) is 6.69. The molecule has 3 aromatic rings.